The van der Waals surface area contributed by atoms with E-state index in [0.29, 0.717) is 6.61 Å². The predicted molar refractivity (Wildman–Crippen MR) is 75.2 cm³/mol. The lowest BCUT2D eigenvalue weighted by Gasteiger charge is -2.08. The van der Waals surface area contributed by atoms with Crippen LogP contribution in [0, 0.1) is 20.8 Å². The van der Waals surface area contributed by atoms with Gasteiger partial charge in [0, 0.05) is 24.2 Å². The third kappa shape index (κ3) is 3.70. The summed E-state index contributed by atoms with van der Waals surface area (Å²) >= 11 is 0. The molecule has 0 aliphatic carbocycles. The van der Waals surface area contributed by atoms with Crippen LogP contribution in [0.4, 0.5) is 0 Å². The molecule has 0 amide bonds. The van der Waals surface area contributed by atoms with Crippen LogP contribution in [0.15, 0.2) is 30.5 Å². The average Bonchev–Trinajstić information content (AvgIpc) is 2.69. The average molecular weight is 246 g/mol. The number of pyridine rings is 1. The summed E-state index contributed by atoms with van der Waals surface area (Å²) in [5.74, 6) is 1.00. The molecule has 0 aliphatic rings. The van der Waals surface area contributed by atoms with Crippen molar-refractivity contribution in [2.45, 2.75) is 34.1 Å². The highest BCUT2D eigenvalue weighted by atomic mass is 16.2. The van der Waals surface area contributed by atoms with E-state index >= 15 is 0 Å². The van der Waals surface area contributed by atoms with Crippen LogP contribution in [0.1, 0.15) is 30.3 Å². The Hall–Kier alpha value is -1.61. The Morgan fingerprint density at radius 1 is 1.11 bits per heavy atom. The van der Waals surface area contributed by atoms with Gasteiger partial charge < -0.3 is 9.67 Å². The van der Waals surface area contributed by atoms with Crippen LogP contribution in [0.3, 0.4) is 0 Å². The van der Waals surface area contributed by atoms with Crippen LogP contribution in [-0.4, -0.2) is 21.3 Å². The number of aryl methyl sites for hydroxylation is 3. The first kappa shape index (κ1) is 14.5. The predicted octanol–water partition coefficient (Wildman–Crippen LogP) is 3.19. The van der Waals surface area contributed by atoms with Gasteiger partial charge in [0.2, 0.25) is 0 Å². The summed E-state index contributed by atoms with van der Waals surface area (Å²) < 4.78 is 2.16. The highest BCUT2D eigenvalue weighted by molar-refractivity contribution is 5.33. The standard InChI is InChI=1S/C12H14N2.C3H8O/c1-9-6-7-13-12(8-9)14-10(2)4-5-11(14)3;1-2-3-4/h4-8H,1-3H3;4H,2-3H2,1H3. The van der Waals surface area contributed by atoms with Gasteiger partial charge in [-0.3, -0.25) is 0 Å². The van der Waals surface area contributed by atoms with Gasteiger partial charge in [-0.2, -0.15) is 0 Å². The first-order chi connectivity index (χ1) is 8.60. The third-order valence-electron chi connectivity index (χ3n) is 2.62. The van der Waals surface area contributed by atoms with Gasteiger partial charge in [-0.05, 0) is 57.0 Å². The van der Waals surface area contributed by atoms with Crippen molar-refractivity contribution in [2.75, 3.05) is 6.61 Å². The molecule has 2 heterocycles. The Balaban J connectivity index is 0.000000357. The van der Waals surface area contributed by atoms with Gasteiger partial charge in [0.25, 0.3) is 0 Å². The van der Waals surface area contributed by atoms with Gasteiger partial charge in [-0.15, -0.1) is 0 Å². The first-order valence-electron chi connectivity index (χ1n) is 6.29. The number of hydrogen-bond donors (Lipinski definition) is 1. The van der Waals surface area contributed by atoms with Crippen LogP contribution in [0.2, 0.25) is 0 Å². The fourth-order valence-electron chi connectivity index (χ4n) is 1.67. The molecule has 0 aliphatic heterocycles. The largest absolute Gasteiger partial charge is 0.396 e. The summed E-state index contributed by atoms with van der Waals surface area (Å²) in [4.78, 5) is 4.37. The minimum Gasteiger partial charge on any atom is -0.396 e. The number of nitrogens with zero attached hydrogens (tertiary/aromatic N) is 2. The molecule has 0 saturated carbocycles. The molecular formula is C15H22N2O. The van der Waals surface area contributed by atoms with Gasteiger partial charge in [0.15, 0.2) is 0 Å². The van der Waals surface area contributed by atoms with Crippen LogP contribution in [-0.2, 0) is 0 Å². The van der Waals surface area contributed by atoms with Gasteiger partial charge in [0.05, 0.1) is 0 Å². The molecule has 0 unspecified atom stereocenters. The molecule has 0 atom stereocenters. The number of aliphatic hydroxyl groups is 1. The first-order valence-corrected chi connectivity index (χ1v) is 6.29. The number of hydrogen-bond acceptors (Lipinski definition) is 2. The van der Waals surface area contributed by atoms with Crippen molar-refractivity contribution >= 4 is 0 Å². The maximum absolute atomic E-state index is 7.88. The Morgan fingerprint density at radius 3 is 2.11 bits per heavy atom. The summed E-state index contributed by atoms with van der Waals surface area (Å²) in [6.07, 6.45) is 2.73. The number of aliphatic hydroxyl groups excluding tert-OH is 1. The zero-order valence-electron chi connectivity index (χ0n) is 11.6. The van der Waals surface area contributed by atoms with Crippen molar-refractivity contribution in [3.8, 4) is 5.82 Å². The SMILES string of the molecule is CCCO.Cc1ccnc(-n2c(C)ccc2C)c1. The lowest BCUT2D eigenvalue weighted by molar-refractivity contribution is 0.295. The third-order valence-corrected chi connectivity index (χ3v) is 2.62. The summed E-state index contributed by atoms with van der Waals surface area (Å²) in [5, 5.41) is 7.88. The van der Waals surface area contributed by atoms with Crippen molar-refractivity contribution in [1.82, 2.24) is 9.55 Å². The second-order valence-electron chi connectivity index (χ2n) is 4.37. The van der Waals surface area contributed by atoms with Crippen LogP contribution in [0.25, 0.3) is 5.82 Å². The summed E-state index contributed by atoms with van der Waals surface area (Å²) in [7, 11) is 0. The highest BCUT2D eigenvalue weighted by Gasteiger charge is 2.03. The van der Waals surface area contributed by atoms with Crippen molar-refractivity contribution in [3.05, 3.63) is 47.4 Å². The zero-order chi connectivity index (χ0) is 13.5. The van der Waals surface area contributed by atoms with E-state index in [1.165, 1.54) is 17.0 Å². The molecule has 98 valence electrons. The molecule has 0 spiro atoms. The summed E-state index contributed by atoms with van der Waals surface area (Å²) in [6.45, 7) is 8.52. The van der Waals surface area contributed by atoms with E-state index in [0.717, 1.165) is 12.2 Å². The number of rotatable bonds is 2. The molecule has 3 heteroatoms. The smallest absolute Gasteiger partial charge is 0.137 e. The Labute approximate surface area is 109 Å². The molecule has 2 aromatic rings. The van der Waals surface area contributed by atoms with E-state index in [9.17, 15) is 0 Å². The van der Waals surface area contributed by atoms with E-state index in [2.05, 4.69) is 48.5 Å². The van der Waals surface area contributed by atoms with Gasteiger partial charge in [-0.1, -0.05) is 6.92 Å². The van der Waals surface area contributed by atoms with Gasteiger partial charge >= 0.3 is 0 Å². The fourth-order valence-corrected chi connectivity index (χ4v) is 1.67. The normalized spacial score (nSPS) is 9.83. The van der Waals surface area contributed by atoms with E-state index in [4.69, 9.17) is 5.11 Å². The van der Waals surface area contributed by atoms with Crippen molar-refractivity contribution in [1.29, 1.82) is 0 Å². The quantitative estimate of drug-likeness (QED) is 0.883. The van der Waals surface area contributed by atoms with E-state index in [1.807, 2.05) is 19.2 Å². The Morgan fingerprint density at radius 2 is 1.67 bits per heavy atom. The molecule has 18 heavy (non-hydrogen) atoms. The minimum absolute atomic E-state index is 0.319. The van der Waals surface area contributed by atoms with Crippen LogP contribution in [0.5, 0.6) is 0 Å². The topological polar surface area (TPSA) is 38.1 Å². The van der Waals surface area contributed by atoms with Gasteiger partial charge in [-0.25, -0.2) is 4.98 Å². The lowest BCUT2D eigenvalue weighted by Crippen LogP contribution is -2.01. The Kier molecular flexibility index (Phi) is 5.59. The molecular weight excluding hydrogens is 224 g/mol. The van der Waals surface area contributed by atoms with Crippen molar-refractivity contribution < 1.29 is 5.11 Å². The molecule has 0 aromatic carbocycles. The maximum Gasteiger partial charge on any atom is 0.137 e. The van der Waals surface area contributed by atoms with E-state index in [-0.39, 0.29) is 0 Å². The molecule has 0 bridgehead atoms. The van der Waals surface area contributed by atoms with Crippen LogP contribution < -0.4 is 0 Å². The molecule has 0 saturated heterocycles. The number of aromatic nitrogens is 2. The molecule has 1 N–H and O–H groups in total. The van der Waals surface area contributed by atoms with Crippen molar-refractivity contribution in [2.24, 2.45) is 0 Å². The van der Waals surface area contributed by atoms with Gasteiger partial charge in [0.1, 0.15) is 5.82 Å². The van der Waals surface area contributed by atoms with E-state index in [1.54, 1.807) is 0 Å². The molecule has 0 radical (unpaired) electrons. The lowest BCUT2D eigenvalue weighted by atomic mass is 10.3. The fraction of sp³-hybridized carbons (Fsp3) is 0.400. The molecule has 2 aromatic heterocycles. The molecule has 2 rings (SSSR count). The maximum atomic E-state index is 7.88. The molecule has 0 fully saturated rings. The monoisotopic (exact) mass is 246 g/mol. The van der Waals surface area contributed by atoms with Crippen molar-refractivity contribution in [3.63, 3.8) is 0 Å². The second-order valence-corrected chi connectivity index (χ2v) is 4.37. The zero-order valence-corrected chi connectivity index (χ0v) is 11.6. The highest BCUT2D eigenvalue weighted by Crippen LogP contribution is 2.14. The summed E-state index contributed by atoms with van der Waals surface area (Å²) in [6, 6.07) is 8.33. The van der Waals surface area contributed by atoms with Crippen LogP contribution >= 0.6 is 0 Å². The minimum atomic E-state index is 0.319. The second kappa shape index (κ2) is 6.97. The van der Waals surface area contributed by atoms with E-state index < -0.39 is 0 Å². The summed E-state index contributed by atoms with van der Waals surface area (Å²) in [5.41, 5.74) is 3.68. The molecule has 3 nitrogen and oxygen atoms in total. The Bertz CT molecular complexity index is 467.